The highest BCUT2D eigenvalue weighted by molar-refractivity contribution is 8.18. The predicted octanol–water partition coefficient (Wildman–Crippen LogP) is 4.94. The molecule has 3 aromatic rings. The molecule has 35 heavy (non-hydrogen) atoms. The summed E-state index contributed by atoms with van der Waals surface area (Å²) in [6.07, 6.45) is 4.84. The van der Waals surface area contributed by atoms with E-state index in [2.05, 4.69) is 23.7 Å². The number of nitrogens with zero attached hydrogens (tertiary/aromatic N) is 4. The van der Waals surface area contributed by atoms with E-state index in [0.29, 0.717) is 24.7 Å². The second-order valence-electron chi connectivity index (χ2n) is 8.45. The first-order valence-corrected chi connectivity index (χ1v) is 12.7. The van der Waals surface area contributed by atoms with Gasteiger partial charge in [-0.25, -0.2) is 4.68 Å². The molecule has 2 aliphatic heterocycles. The smallest absolute Gasteiger partial charge is 0.286 e. The molecule has 5 rings (SSSR count). The Morgan fingerprint density at radius 3 is 2.69 bits per heavy atom. The number of morpholine rings is 1. The molecule has 0 spiro atoms. The van der Waals surface area contributed by atoms with Crippen LogP contribution >= 0.6 is 11.8 Å². The van der Waals surface area contributed by atoms with E-state index in [9.17, 15) is 4.79 Å². The van der Waals surface area contributed by atoms with E-state index in [-0.39, 0.29) is 5.91 Å². The number of carbonyl (C=O) groups excluding carboxylic acids is 1. The lowest BCUT2D eigenvalue weighted by molar-refractivity contribution is -0.113. The molecule has 2 aromatic carbocycles. The summed E-state index contributed by atoms with van der Waals surface area (Å²) in [5.41, 5.74) is 4.70. The highest BCUT2D eigenvalue weighted by atomic mass is 32.2. The van der Waals surface area contributed by atoms with E-state index in [0.717, 1.165) is 58.5 Å². The Hall–Kier alpha value is -3.36. The van der Waals surface area contributed by atoms with Gasteiger partial charge >= 0.3 is 0 Å². The molecule has 1 aromatic heterocycles. The highest BCUT2D eigenvalue weighted by Gasteiger charge is 2.28. The van der Waals surface area contributed by atoms with E-state index in [4.69, 9.17) is 14.6 Å². The monoisotopic (exact) mass is 488 g/mol. The number of aliphatic imine (C=N–C) groups is 1. The SMILES string of the molecule is CCCOc1ccc(-c2nn(-c3ccccc3)cc2/C=C2/SC(N3CCOCC3)=NC2=O)c(C)c1. The van der Waals surface area contributed by atoms with Crippen molar-refractivity contribution in [3.05, 3.63) is 70.8 Å². The van der Waals surface area contributed by atoms with Gasteiger partial charge in [0.05, 0.1) is 30.4 Å². The van der Waals surface area contributed by atoms with Crippen molar-refractivity contribution in [3.63, 3.8) is 0 Å². The number of benzene rings is 2. The number of amidine groups is 1. The number of hydrogen-bond donors (Lipinski definition) is 0. The molecule has 0 radical (unpaired) electrons. The van der Waals surface area contributed by atoms with Gasteiger partial charge in [-0.15, -0.1) is 0 Å². The summed E-state index contributed by atoms with van der Waals surface area (Å²) in [6, 6.07) is 16.0. The number of aryl methyl sites for hydroxylation is 1. The van der Waals surface area contributed by atoms with Crippen LogP contribution in [0.4, 0.5) is 0 Å². The van der Waals surface area contributed by atoms with Crippen molar-refractivity contribution in [1.82, 2.24) is 14.7 Å². The maximum Gasteiger partial charge on any atom is 0.286 e. The number of rotatable bonds is 6. The number of thioether (sulfide) groups is 1. The van der Waals surface area contributed by atoms with E-state index < -0.39 is 0 Å². The summed E-state index contributed by atoms with van der Waals surface area (Å²) in [5, 5.41) is 5.67. The largest absolute Gasteiger partial charge is 0.494 e. The van der Waals surface area contributed by atoms with Gasteiger partial charge in [0, 0.05) is 30.4 Å². The van der Waals surface area contributed by atoms with Crippen molar-refractivity contribution in [2.45, 2.75) is 20.3 Å². The third kappa shape index (κ3) is 5.18. The average molecular weight is 489 g/mol. The van der Waals surface area contributed by atoms with Crippen LogP contribution in [0.1, 0.15) is 24.5 Å². The summed E-state index contributed by atoms with van der Waals surface area (Å²) in [6.45, 7) is 7.62. The molecule has 1 amide bonds. The number of amides is 1. The molecule has 3 heterocycles. The van der Waals surface area contributed by atoms with E-state index in [1.54, 1.807) is 0 Å². The van der Waals surface area contributed by atoms with Crippen LogP contribution in [-0.2, 0) is 9.53 Å². The fourth-order valence-electron chi connectivity index (χ4n) is 4.06. The number of ether oxygens (including phenoxy) is 2. The third-order valence-corrected chi connectivity index (χ3v) is 6.91. The maximum atomic E-state index is 12.8. The van der Waals surface area contributed by atoms with Gasteiger partial charge < -0.3 is 14.4 Å². The summed E-state index contributed by atoms with van der Waals surface area (Å²) in [7, 11) is 0. The van der Waals surface area contributed by atoms with Crippen LogP contribution in [0.3, 0.4) is 0 Å². The minimum atomic E-state index is -0.213. The van der Waals surface area contributed by atoms with Crippen LogP contribution in [0, 0.1) is 6.92 Å². The molecule has 0 saturated carbocycles. The van der Waals surface area contributed by atoms with Gasteiger partial charge in [0.1, 0.15) is 11.4 Å². The lowest BCUT2D eigenvalue weighted by Gasteiger charge is -2.27. The van der Waals surface area contributed by atoms with E-state index >= 15 is 0 Å². The summed E-state index contributed by atoms with van der Waals surface area (Å²) in [4.78, 5) is 19.8. The quantitative estimate of drug-likeness (QED) is 0.458. The zero-order valence-corrected chi connectivity index (χ0v) is 20.8. The first kappa shape index (κ1) is 23.4. The van der Waals surface area contributed by atoms with Gasteiger partial charge in [-0.3, -0.25) is 4.79 Å². The molecule has 1 saturated heterocycles. The van der Waals surface area contributed by atoms with Crippen LogP contribution in [0.5, 0.6) is 5.75 Å². The Morgan fingerprint density at radius 1 is 1.14 bits per heavy atom. The van der Waals surface area contributed by atoms with Crippen molar-refractivity contribution in [2.75, 3.05) is 32.9 Å². The first-order chi connectivity index (χ1) is 17.1. The Kier molecular flexibility index (Phi) is 7.01. The highest BCUT2D eigenvalue weighted by Crippen LogP contribution is 2.35. The van der Waals surface area contributed by atoms with Crippen molar-refractivity contribution in [3.8, 4) is 22.7 Å². The first-order valence-electron chi connectivity index (χ1n) is 11.9. The molecule has 2 aliphatic rings. The molecule has 1 fully saturated rings. The lowest BCUT2D eigenvalue weighted by Crippen LogP contribution is -2.38. The molecule has 0 N–H and O–H groups in total. The number of aromatic nitrogens is 2. The number of para-hydroxylation sites is 1. The van der Waals surface area contributed by atoms with Crippen LogP contribution in [-0.4, -0.2) is 58.7 Å². The van der Waals surface area contributed by atoms with Gasteiger partial charge in [-0.05, 0) is 67.1 Å². The molecule has 0 atom stereocenters. The molecule has 8 heteroatoms. The Labute approximate surface area is 209 Å². The van der Waals surface area contributed by atoms with Crippen molar-refractivity contribution < 1.29 is 14.3 Å². The molecular weight excluding hydrogens is 460 g/mol. The number of carbonyl (C=O) groups is 1. The van der Waals surface area contributed by atoms with Crippen molar-refractivity contribution >= 4 is 28.9 Å². The molecule has 0 bridgehead atoms. The summed E-state index contributed by atoms with van der Waals surface area (Å²) < 4.78 is 13.1. The second kappa shape index (κ2) is 10.5. The minimum absolute atomic E-state index is 0.213. The Morgan fingerprint density at radius 2 is 1.94 bits per heavy atom. The molecular formula is C27H28N4O3S. The predicted molar refractivity (Wildman–Crippen MR) is 140 cm³/mol. The third-order valence-electron chi connectivity index (χ3n) is 5.87. The molecule has 0 unspecified atom stereocenters. The van der Waals surface area contributed by atoms with Crippen molar-refractivity contribution in [1.29, 1.82) is 0 Å². The second-order valence-corrected chi connectivity index (χ2v) is 9.46. The molecule has 7 nitrogen and oxygen atoms in total. The Bertz CT molecular complexity index is 1280. The van der Waals surface area contributed by atoms with Crippen LogP contribution < -0.4 is 4.74 Å². The topological polar surface area (TPSA) is 68.9 Å². The van der Waals surface area contributed by atoms with Gasteiger partial charge in [0.25, 0.3) is 5.91 Å². The van der Waals surface area contributed by atoms with Crippen LogP contribution in [0.25, 0.3) is 23.0 Å². The van der Waals surface area contributed by atoms with Crippen molar-refractivity contribution in [2.24, 2.45) is 4.99 Å². The van der Waals surface area contributed by atoms with Crippen LogP contribution in [0.15, 0.2) is 64.6 Å². The fraction of sp³-hybridized carbons (Fsp3) is 0.296. The normalized spacial score (nSPS) is 17.2. The van der Waals surface area contributed by atoms with E-state index in [1.807, 2.05) is 65.5 Å². The van der Waals surface area contributed by atoms with Gasteiger partial charge in [0.2, 0.25) is 0 Å². The Balaban J connectivity index is 1.51. The van der Waals surface area contributed by atoms with Gasteiger partial charge in [-0.2, -0.15) is 10.1 Å². The van der Waals surface area contributed by atoms with Gasteiger partial charge in [0.15, 0.2) is 5.17 Å². The zero-order valence-electron chi connectivity index (χ0n) is 19.9. The average Bonchev–Trinajstić information content (AvgIpc) is 3.47. The summed E-state index contributed by atoms with van der Waals surface area (Å²) in [5.74, 6) is 0.635. The maximum absolute atomic E-state index is 12.8. The van der Waals surface area contributed by atoms with Gasteiger partial charge in [-0.1, -0.05) is 25.1 Å². The standard InChI is InChI=1S/C27H28N4O3S/c1-3-13-34-22-9-10-23(19(2)16-22)25-20(18-31(29-25)21-7-5-4-6-8-21)17-24-26(32)28-27(35-24)30-11-14-33-15-12-30/h4-10,16-18H,3,11-15H2,1-2H3/b24-17+. The number of hydrogen-bond acceptors (Lipinski definition) is 6. The van der Waals surface area contributed by atoms with E-state index in [1.165, 1.54) is 11.8 Å². The lowest BCUT2D eigenvalue weighted by atomic mass is 10.0. The molecule has 180 valence electrons. The van der Waals surface area contributed by atoms with Crippen LogP contribution in [0.2, 0.25) is 0 Å². The fourth-order valence-corrected chi connectivity index (χ4v) is 5.01. The summed E-state index contributed by atoms with van der Waals surface area (Å²) >= 11 is 1.42. The minimum Gasteiger partial charge on any atom is -0.494 e. The molecule has 0 aliphatic carbocycles. The zero-order chi connectivity index (χ0) is 24.2.